The van der Waals surface area contributed by atoms with Gasteiger partial charge in [-0.3, -0.25) is 0 Å². The van der Waals surface area contributed by atoms with Crippen LogP contribution in [0.3, 0.4) is 0 Å². The third-order valence-corrected chi connectivity index (χ3v) is 3.54. The molecule has 0 unspecified atom stereocenters. The fraction of sp³-hybridized carbons (Fsp3) is 0.909. The minimum atomic E-state index is -4.17. The maximum absolute atomic E-state index is 12.6. The predicted octanol–water partition coefficient (Wildman–Crippen LogP) is 2.22. The standard InChI is InChI=1S/C11H20F3N3O/c1-9(2,8(15)17-18)4-3-7-16-10(5-6-10)11(12,13)14/h16,18H,3-7H2,1-2H3,(H2,15,17). The Morgan fingerprint density at radius 1 is 1.39 bits per heavy atom. The Balaban J connectivity index is 2.32. The maximum Gasteiger partial charge on any atom is 0.406 e. The number of alkyl halides is 3. The van der Waals surface area contributed by atoms with Gasteiger partial charge in [0.15, 0.2) is 0 Å². The van der Waals surface area contributed by atoms with Crippen molar-refractivity contribution in [2.45, 2.75) is 51.2 Å². The van der Waals surface area contributed by atoms with Gasteiger partial charge in [-0.25, -0.2) is 0 Å². The lowest BCUT2D eigenvalue weighted by Crippen LogP contribution is -2.45. The average Bonchev–Trinajstić information content (AvgIpc) is 3.03. The highest BCUT2D eigenvalue weighted by Gasteiger charge is 2.62. The van der Waals surface area contributed by atoms with Crippen LogP contribution in [0.5, 0.6) is 0 Å². The summed E-state index contributed by atoms with van der Waals surface area (Å²) in [5.41, 5.74) is 3.33. The van der Waals surface area contributed by atoms with E-state index < -0.39 is 17.1 Å². The molecule has 1 fully saturated rings. The molecule has 0 radical (unpaired) electrons. The molecule has 1 aliphatic carbocycles. The Labute approximate surface area is 104 Å². The lowest BCUT2D eigenvalue weighted by molar-refractivity contribution is -0.165. The summed E-state index contributed by atoms with van der Waals surface area (Å²) in [4.78, 5) is 0. The van der Waals surface area contributed by atoms with Crippen molar-refractivity contribution in [2.24, 2.45) is 16.3 Å². The molecule has 1 saturated carbocycles. The zero-order valence-corrected chi connectivity index (χ0v) is 10.6. The summed E-state index contributed by atoms with van der Waals surface area (Å²) < 4.78 is 37.8. The SMILES string of the molecule is CC(C)(CCCNC1(C(F)(F)F)CC1)C(N)=NO. The number of hydrogen-bond donors (Lipinski definition) is 3. The smallest absolute Gasteiger partial charge is 0.406 e. The molecule has 4 N–H and O–H groups in total. The minimum Gasteiger partial charge on any atom is -0.409 e. The summed E-state index contributed by atoms with van der Waals surface area (Å²) in [6.45, 7) is 3.86. The van der Waals surface area contributed by atoms with E-state index in [-0.39, 0.29) is 25.2 Å². The van der Waals surface area contributed by atoms with Crippen LogP contribution in [0.1, 0.15) is 39.5 Å². The van der Waals surface area contributed by atoms with Gasteiger partial charge in [-0.15, -0.1) is 0 Å². The lowest BCUT2D eigenvalue weighted by Gasteiger charge is -2.24. The van der Waals surface area contributed by atoms with Crippen molar-refractivity contribution in [1.29, 1.82) is 0 Å². The van der Waals surface area contributed by atoms with Gasteiger partial charge in [-0.1, -0.05) is 19.0 Å². The van der Waals surface area contributed by atoms with E-state index in [4.69, 9.17) is 10.9 Å². The Bertz CT molecular complexity index is 322. The summed E-state index contributed by atoms with van der Waals surface area (Å²) in [5, 5.41) is 14.1. The monoisotopic (exact) mass is 267 g/mol. The van der Waals surface area contributed by atoms with Gasteiger partial charge in [0.1, 0.15) is 11.4 Å². The normalized spacial score (nSPS) is 19.9. The molecule has 18 heavy (non-hydrogen) atoms. The number of amidine groups is 1. The fourth-order valence-electron chi connectivity index (χ4n) is 1.81. The van der Waals surface area contributed by atoms with Crippen LogP contribution in [0.25, 0.3) is 0 Å². The first-order valence-electron chi connectivity index (χ1n) is 5.94. The van der Waals surface area contributed by atoms with Gasteiger partial charge < -0.3 is 16.3 Å². The second kappa shape index (κ2) is 4.95. The summed E-state index contributed by atoms with van der Waals surface area (Å²) in [6, 6.07) is 0. The molecule has 0 aliphatic heterocycles. The van der Waals surface area contributed by atoms with Crippen molar-refractivity contribution in [2.75, 3.05) is 6.54 Å². The Morgan fingerprint density at radius 3 is 2.33 bits per heavy atom. The van der Waals surface area contributed by atoms with E-state index in [9.17, 15) is 13.2 Å². The van der Waals surface area contributed by atoms with E-state index in [0.717, 1.165) is 0 Å². The van der Waals surface area contributed by atoms with Crippen LogP contribution in [0.15, 0.2) is 5.16 Å². The van der Waals surface area contributed by atoms with Gasteiger partial charge in [0, 0.05) is 5.41 Å². The minimum absolute atomic E-state index is 0.0967. The third kappa shape index (κ3) is 3.28. The van der Waals surface area contributed by atoms with Crippen LogP contribution in [-0.4, -0.2) is 29.3 Å². The van der Waals surface area contributed by atoms with Crippen LogP contribution in [0.4, 0.5) is 13.2 Å². The van der Waals surface area contributed by atoms with Crippen molar-refractivity contribution < 1.29 is 18.4 Å². The van der Waals surface area contributed by atoms with E-state index in [1.54, 1.807) is 13.8 Å². The Hall–Kier alpha value is -0.980. The van der Waals surface area contributed by atoms with Crippen molar-refractivity contribution in [3.05, 3.63) is 0 Å². The number of nitrogens with zero attached hydrogens (tertiary/aromatic N) is 1. The molecule has 4 nitrogen and oxygen atoms in total. The van der Waals surface area contributed by atoms with Crippen LogP contribution in [-0.2, 0) is 0 Å². The highest BCUT2D eigenvalue weighted by molar-refractivity contribution is 5.85. The van der Waals surface area contributed by atoms with Crippen molar-refractivity contribution in [3.63, 3.8) is 0 Å². The molecule has 7 heteroatoms. The van der Waals surface area contributed by atoms with E-state index in [1.165, 1.54) is 0 Å². The molecule has 0 aromatic carbocycles. The van der Waals surface area contributed by atoms with Gasteiger partial charge in [-0.2, -0.15) is 13.2 Å². The van der Waals surface area contributed by atoms with Crippen LogP contribution < -0.4 is 11.1 Å². The third-order valence-electron chi connectivity index (χ3n) is 3.54. The highest BCUT2D eigenvalue weighted by Crippen LogP contribution is 2.48. The fourth-order valence-corrected chi connectivity index (χ4v) is 1.81. The molecule has 0 atom stereocenters. The van der Waals surface area contributed by atoms with E-state index in [0.29, 0.717) is 12.8 Å². The second-order valence-corrected chi connectivity index (χ2v) is 5.48. The molecule has 1 rings (SSSR count). The molecule has 0 aromatic heterocycles. The molecule has 0 amide bonds. The van der Waals surface area contributed by atoms with Crippen molar-refractivity contribution in [3.8, 4) is 0 Å². The zero-order chi connectivity index (χ0) is 14.0. The van der Waals surface area contributed by atoms with E-state index in [2.05, 4.69) is 10.5 Å². The highest BCUT2D eigenvalue weighted by atomic mass is 19.4. The zero-order valence-electron chi connectivity index (χ0n) is 10.6. The van der Waals surface area contributed by atoms with Gasteiger partial charge in [-0.05, 0) is 32.2 Å². The number of nitrogens with two attached hydrogens (primary N) is 1. The molecule has 1 aliphatic rings. The number of nitrogens with one attached hydrogen (secondary N) is 1. The lowest BCUT2D eigenvalue weighted by atomic mass is 9.86. The van der Waals surface area contributed by atoms with E-state index >= 15 is 0 Å². The van der Waals surface area contributed by atoms with Gasteiger partial charge in [0.05, 0.1) is 0 Å². The van der Waals surface area contributed by atoms with Gasteiger partial charge >= 0.3 is 6.18 Å². The van der Waals surface area contributed by atoms with Crippen molar-refractivity contribution in [1.82, 2.24) is 5.32 Å². The first kappa shape index (κ1) is 15.1. The average molecular weight is 267 g/mol. The molecule has 106 valence electrons. The quantitative estimate of drug-likeness (QED) is 0.227. The molecule has 0 spiro atoms. The summed E-state index contributed by atoms with van der Waals surface area (Å²) in [5.74, 6) is 0.0967. The number of rotatable bonds is 6. The largest absolute Gasteiger partial charge is 0.409 e. The first-order chi connectivity index (χ1) is 8.15. The molecule has 0 heterocycles. The van der Waals surface area contributed by atoms with Gasteiger partial charge in [0.25, 0.3) is 0 Å². The Morgan fingerprint density at radius 2 is 1.94 bits per heavy atom. The predicted molar refractivity (Wildman–Crippen MR) is 62.4 cm³/mol. The van der Waals surface area contributed by atoms with E-state index in [1.807, 2.05) is 0 Å². The molecular weight excluding hydrogens is 247 g/mol. The van der Waals surface area contributed by atoms with Crippen LogP contribution in [0, 0.1) is 5.41 Å². The number of oxime groups is 1. The molecular formula is C11H20F3N3O. The second-order valence-electron chi connectivity index (χ2n) is 5.48. The van der Waals surface area contributed by atoms with Gasteiger partial charge in [0.2, 0.25) is 0 Å². The van der Waals surface area contributed by atoms with Crippen LogP contribution in [0.2, 0.25) is 0 Å². The molecule has 0 bridgehead atoms. The Kier molecular flexibility index (Phi) is 4.15. The number of halogens is 3. The number of hydrogen-bond acceptors (Lipinski definition) is 3. The first-order valence-corrected chi connectivity index (χ1v) is 5.94. The summed E-state index contributed by atoms with van der Waals surface area (Å²) in [7, 11) is 0. The van der Waals surface area contributed by atoms with Crippen LogP contribution >= 0.6 is 0 Å². The summed E-state index contributed by atoms with van der Waals surface area (Å²) in [6.07, 6.45) is -2.76. The molecule has 0 aromatic rings. The topological polar surface area (TPSA) is 70.6 Å². The van der Waals surface area contributed by atoms with Crippen molar-refractivity contribution >= 4 is 5.84 Å². The molecule has 0 saturated heterocycles. The maximum atomic E-state index is 12.6. The summed E-state index contributed by atoms with van der Waals surface area (Å²) >= 11 is 0.